The fourth-order valence-corrected chi connectivity index (χ4v) is 3.09. The molecule has 1 aliphatic heterocycles. The van der Waals surface area contributed by atoms with E-state index in [2.05, 4.69) is 16.8 Å². The Bertz CT molecular complexity index is 811. The van der Waals surface area contributed by atoms with Crippen LogP contribution in [0.15, 0.2) is 47.5 Å². The molecule has 0 radical (unpaired) electrons. The molecule has 1 aliphatic rings. The number of hydrogen-bond donors (Lipinski definition) is 1. The van der Waals surface area contributed by atoms with Crippen molar-refractivity contribution < 1.29 is 22.1 Å². The van der Waals surface area contributed by atoms with Crippen LogP contribution in [-0.4, -0.2) is 48.6 Å². The summed E-state index contributed by atoms with van der Waals surface area (Å²) in [5.74, 6) is 0.174. The maximum Gasteiger partial charge on any atom is 0.294 e. The van der Waals surface area contributed by atoms with E-state index in [1.54, 1.807) is 18.2 Å². The van der Waals surface area contributed by atoms with Crippen molar-refractivity contribution in [3.8, 4) is 5.75 Å². The van der Waals surface area contributed by atoms with Crippen molar-refractivity contribution in [2.75, 3.05) is 19.7 Å². The van der Waals surface area contributed by atoms with Crippen LogP contribution in [0.1, 0.15) is 25.3 Å². The van der Waals surface area contributed by atoms with Crippen molar-refractivity contribution in [2.24, 2.45) is 0 Å². The van der Waals surface area contributed by atoms with E-state index in [4.69, 9.17) is 9.29 Å². The summed E-state index contributed by atoms with van der Waals surface area (Å²) in [6.07, 6.45) is 3.79. The molecule has 1 fully saturated rings. The average Bonchev–Trinajstić information content (AvgIpc) is 2.61. The summed E-state index contributed by atoms with van der Waals surface area (Å²) < 4.78 is 47.7. The summed E-state index contributed by atoms with van der Waals surface area (Å²) in [7, 11) is -4.02. The first kappa shape index (κ1) is 21.3. The van der Waals surface area contributed by atoms with Gasteiger partial charge in [-0.1, -0.05) is 24.6 Å². The van der Waals surface area contributed by atoms with Gasteiger partial charge in [-0.3, -0.25) is 9.45 Å². The van der Waals surface area contributed by atoms with E-state index in [0.717, 1.165) is 12.1 Å². The fourth-order valence-electron chi connectivity index (χ4n) is 2.61. The number of ether oxygens (including phenoxy) is 1. The predicted octanol–water partition coefficient (Wildman–Crippen LogP) is 3.33. The molecule has 6 nitrogen and oxygen atoms in total. The van der Waals surface area contributed by atoms with Crippen LogP contribution in [0, 0.1) is 12.9 Å². The normalized spacial score (nSPS) is 16.8. The maximum atomic E-state index is 12.6. The number of aromatic nitrogens is 1. The third kappa shape index (κ3) is 6.89. The van der Waals surface area contributed by atoms with E-state index in [-0.39, 0.29) is 4.90 Å². The van der Waals surface area contributed by atoms with Crippen LogP contribution in [0.3, 0.4) is 0 Å². The summed E-state index contributed by atoms with van der Waals surface area (Å²) in [5, 5.41) is 0. The zero-order chi connectivity index (χ0) is 19.9. The number of likely N-dealkylation sites (tertiary alicyclic amines) is 1. The molecule has 1 aromatic heterocycles. The van der Waals surface area contributed by atoms with Gasteiger partial charge in [0, 0.05) is 12.6 Å². The molecule has 1 aromatic carbocycles. The summed E-state index contributed by atoms with van der Waals surface area (Å²) >= 11 is 0. The Morgan fingerprint density at radius 1 is 1.26 bits per heavy atom. The Morgan fingerprint density at radius 3 is 2.44 bits per heavy atom. The molecule has 0 unspecified atom stereocenters. The van der Waals surface area contributed by atoms with Gasteiger partial charge in [0.05, 0.1) is 11.1 Å². The van der Waals surface area contributed by atoms with E-state index < -0.39 is 16.1 Å². The van der Waals surface area contributed by atoms with Gasteiger partial charge < -0.3 is 4.74 Å². The zero-order valence-electron chi connectivity index (χ0n) is 15.5. The van der Waals surface area contributed by atoms with Gasteiger partial charge in [-0.15, -0.1) is 0 Å². The molecule has 8 heteroatoms. The molecular formula is C19H25FN2O4S. The molecule has 1 N–H and O–H groups in total. The van der Waals surface area contributed by atoms with Crippen LogP contribution in [0.25, 0.3) is 0 Å². The highest BCUT2D eigenvalue weighted by atomic mass is 32.2. The molecule has 2 heterocycles. The molecule has 0 aliphatic carbocycles. The van der Waals surface area contributed by atoms with Gasteiger partial charge in [-0.2, -0.15) is 12.8 Å². The first-order valence-corrected chi connectivity index (χ1v) is 10.3. The second kappa shape index (κ2) is 9.77. The van der Waals surface area contributed by atoms with E-state index in [1.807, 2.05) is 6.92 Å². The smallest absolute Gasteiger partial charge is 0.294 e. The number of rotatable bonds is 6. The summed E-state index contributed by atoms with van der Waals surface area (Å²) in [6, 6.07) is 9.44. The summed E-state index contributed by atoms with van der Waals surface area (Å²) in [4.78, 5) is 5.90. The van der Waals surface area contributed by atoms with Gasteiger partial charge in [0.2, 0.25) is 5.95 Å². The summed E-state index contributed by atoms with van der Waals surface area (Å²) in [6.45, 7) is 7.00. The molecule has 0 amide bonds. The minimum absolute atomic E-state index is 0.0666. The van der Waals surface area contributed by atoms with Crippen molar-refractivity contribution in [2.45, 2.75) is 37.6 Å². The Balaban J connectivity index is 0.000000208. The SMILES string of the molecule is CCCN1CC[C@@H]1COc1ccc(F)nc1.Cc1ccc(S(=O)(=O)O)cc1. The minimum atomic E-state index is -4.02. The zero-order valence-corrected chi connectivity index (χ0v) is 16.3. The number of benzene rings is 1. The number of hydrogen-bond acceptors (Lipinski definition) is 5. The van der Waals surface area contributed by atoms with Crippen LogP contribution >= 0.6 is 0 Å². The monoisotopic (exact) mass is 396 g/mol. The van der Waals surface area contributed by atoms with Crippen molar-refractivity contribution in [1.29, 1.82) is 0 Å². The highest BCUT2D eigenvalue weighted by Crippen LogP contribution is 2.19. The van der Waals surface area contributed by atoms with E-state index in [9.17, 15) is 12.8 Å². The van der Waals surface area contributed by atoms with Crippen molar-refractivity contribution >= 4 is 10.1 Å². The second-order valence-electron chi connectivity index (χ2n) is 6.39. The number of nitrogens with zero attached hydrogens (tertiary/aromatic N) is 2. The van der Waals surface area contributed by atoms with Crippen LogP contribution < -0.4 is 4.74 Å². The van der Waals surface area contributed by atoms with Crippen molar-refractivity contribution in [3.05, 3.63) is 54.1 Å². The molecular weight excluding hydrogens is 371 g/mol. The topological polar surface area (TPSA) is 79.7 Å². The van der Waals surface area contributed by atoms with Crippen molar-refractivity contribution in [1.82, 2.24) is 9.88 Å². The lowest BCUT2D eigenvalue weighted by molar-refractivity contribution is 0.0508. The first-order chi connectivity index (χ1) is 12.8. The van der Waals surface area contributed by atoms with E-state index >= 15 is 0 Å². The van der Waals surface area contributed by atoms with Crippen LogP contribution in [0.2, 0.25) is 0 Å². The van der Waals surface area contributed by atoms with Gasteiger partial charge >= 0.3 is 0 Å². The molecule has 27 heavy (non-hydrogen) atoms. The first-order valence-electron chi connectivity index (χ1n) is 8.82. The highest BCUT2D eigenvalue weighted by molar-refractivity contribution is 7.85. The van der Waals surface area contributed by atoms with Crippen molar-refractivity contribution in [3.63, 3.8) is 0 Å². The molecule has 0 spiro atoms. The van der Waals surface area contributed by atoms with Gasteiger partial charge in [0.15, 0.2) is 0 Å². The Hall–Kier alpha value is -2.03. The largest absolute Gasteiger partial charge is 0.490 e. The van der Waals surface area contributed by atoms with Gasteiger partial charge in [-0.25, -0.2) is 4.98 Å². The predicted molar refractivity (Wildman–Crippen MR) is 101 cm³/mol. The maximum absolute atomic E-state index is 12.6. The van der Waals surface area contributed by atoms with Gasteiger partial charge in [0.1, 0.15) is 12.4 Å². The van der Waals surface area contributed by atoms with Crippen LogP contribution in [-0.2, 0) is 10.1 Å². The van der Waals surface area contributed by atoms with Gasteiger partial charge in [-0.05, 0) is 50.6 Å². The fraction of sp³-hybridized carbons (Fsp3) is 0.421. The number of pyridine rings is 1. The Kier molecular flexibility index (Phi) is 7.70. The second-order valence-corrected chi connectivity index (χ2v) is 7.82. The van der Waals surface area contributed by atoms with Crippen LogP contribution in [0.5, 0.6) is 5.75 Å². The molecule has 2 aromatic rings. The van der Waals surface area contributed by atoms with Gasteiger partial charge in [0.25, 0.3) is 10.1 Å². The van der Waals surface area contributed by atoms with E-state index in [1.165, 1.54) is 43.8 Å². The third-order valence-corrected chi connectivity index (χ3v) is 5.11. The minimum Gasteiger partial charge on any atom is -0.490 e. The molecule has 1 saturated heterocycles. The Morgan fingerprint density at radius 2 is 1.96 bits per heavy atom. The average molecular weight is 396 g/mol. The molecule has 0 bridgehead atoms. The van der Waals surface area contributed by atoms with E-state index in [0.29, 0.717) is 18.4 Å². The molecule has 0 saturated carbocycles. The quantitative estimate of drug-likeness (QED) is 0.596. The molecule has 1 atom stereocenters. The lowest BCUT2D eigenvalue weighted by atomic mass is 10.0. The highest BCUT2D eigenvalue weighted by Gasteiger charge is 2.27. The standard InChI is InChI=1S/C12H17FN2O.C7H8O3S/c1-2-6-15-7-5-10(15)9-16-11-3-4-12(13)14-8-11;1-6-2-4-7(5-3-6)11(8,9)10/h3-4,8,10H,2,5-7,9H2,1H3;2-5H,1H3,(H,8,9,10)/t10-;/m1./s1. The lowest BCUT2D eigenvalue weighted by Crippen LogP contribution is -2.50. The molecule has 3 rings (SSSR count). The summed E-state index contributed by atoms with van der Waals surface area (Å²) in [5.41, 5.74) is 0.956. The lowest BCUT2D eigenvalue weighted by Gasteiger charge is -2.40. The van der Waals surface area contributed by atoms with Crippen LogP contribution in [0.4, 0.5) is 4.39 Å². The number of halogens is 1. The third-order valence-electron chi connectivity index (χ3n) is 4.24. The molecule has 148 valence electrons. The Labute approximate surface area is 159 Å². The number of aryl methyl sites for hydroxylation is 1.